The van der Waals surface area contributed by atoms with Crippen molar-refractivity contribution >= 4 is 0 Å². The molecule has 1 saturated carbocycles. The smallest absolute Gasteiger partial charge is 0.0953 e. The second kappa shape index (κ2) is 5.17. The Morgan fingerprint density at radius 3 is 3.00 bits per heavy atom. The minimum atomic E-state index is 0.493. The van der Waals surface area contributed by atoms with Crippen molar-refractivity contribution < 1.29 is 0 Å². The van der Waals surface area contributed by atoms with E-state index in [0.29, 0.717) is 12.0 Å². The summed E-state index contributed by atoms with van der Waals surface area (Å²) >= 11 is 0. The number of hydrogen-bond acceptors (Lipinski definition) is 3. The molecule has 5 nitrogen and oxygen atoms in total. The van der Waals surface area contributed by atoms with Gasteiger partial charge in [-0.05, 0) is 32.2 Å². The number of nitrogens with two attached hydrogens (primary N) is 1. The molecule has 2 N–H and O–H groups in total. The zero-order chi connectivity index (χ0) is 13.2. The van der Waals surface area contributed by atoms with Gasteiger partial charge in [-0.2, -0.15) is 5.10 Å². The molecule has 19 heavy (non-hydrogen) atoms. The van der Waals surface area contributed by atoms with Crippen molar-refractivity contribution in [1.82, 2.24) is 19.3 Å². The maximum atomic E-state index is 5.89. The van der Waals surface area contributed by atoms with Gasteiger partial charge in [-0.1, -0.05) is 6.42 Å². The predicted octanol–water partition coefficient (Wildman–Crippen LogP) is 2.07. The van der Waals surface area contributed by atoms with Crippen molar-refractivity contribution in [2.45, 2.75) is 38.8 Å². The molecule has 2 aromatic heterocycles. The number of nitrogens with zero attached hydrogens (tertiary/aromatic N) is 4. The molecule has 5 heteroatoms. The Labute approximate surface area is 113 Å². The van der Waals surface area contributed by atoms with Gasteiger partial charge in [-0.25, -0.2) is 4.98 Å². The van der Waals surface area contributed by atoms with E-state index in [9.17, 15) is 0 Å². The van der Waals surface area contributed by atoms with Gasteiger partial charge in [0.2, 0.25) is 0 Å². The third-order valence-electron chi connectivity index (χ3n) is 4.20. The molecule has 0 amide bonds. The number of aryl methyl sites for hydroxylation is 1. The molecule has 0 saturated heterocycles. The summed E-state index contributed by atoms with van der Waals surface area (Å²) < 4.78 is 4.24. The lowest BCUT2D eigenvalue weighted by Gasteiger charge is -2.21. The first-order valence-corrected chi connectivity index (χ1v) is 7.08. The summed E-state index contributed by atoms with van der Waals surface area (Å²) in [5, 5.41) is 4.35. The quantitative estimate of drug-likeness (QED) is 0.914. The summed E-state index contributed by atoms with van der Waals surface area (Å²) in [5.41, 5.74) is 8.19. The normalized spacial score (nSPS) is 23.1. The molecule has 0 aromatic carbocycles. The predicted molar refractivity (Wildman–Crippen MR) is 74.6 cm³/mol. The Kier molecular flexibility index (Phi) is 3.38. The van der Waals surface area contributed by atoms with Gasteiger partial charge >= 0.3 is 0 Å². The Morgan fingerprint density at radius 2 is 2.26 bits per heavy atom. The summed E-state index contributed by atoms with van der Waals surface area (Å²) in [5.74, 6) is 0.578. The van der Waals surface area contributed by atoms with Crippen LogP contribution in [0, 0.1) is 5.92 Å². The van der Waals surface area contributed by atoms with E-state index in [-0.39, 0.29) is 0 Å². The van der Waals surface area contributed by atoms with Gasteiger partial charge in [0, 0.05) is 24.3 Å². The van der Waals surface area contributed by atoms with Crippen LogP contribution in [-0.2, 0) is 6.54 Å². The van der Waals surface area contributed by atoms with Crippen LogP contribution in [0.15, 0.2) is 24.9 Å². The summed E-state index contributed by atoms with van der Waals surface area (Å²) in [6.45, 7) is 3.75. The van der Waals surface area contributed by atoms with Crippen LogP contribution in [0.25, 0.3) is 11.3 Å². The summed E-state index contributed by atoms with van der Waals surface area (Å²) in [6.07, 6.45) is 11.6. The van der Waals surface area contributed by atoms with Crippen LogP contribution in [0.3, 0.4) is 0 Å². The first-order chi connectivity index (χ1) is 9.33. The molecule has 2 unspecified atom stereocenters. The molecular weight excluding hydrogens is 238 g/mol. The van der Waals surface area contributed by atoms with Crippen LogP contribution in [0.5, 0.6) is 0 Å². The molecule has 0 spiro atoms. The van der Waals surface area contributed by atoms with Crippen LogP contribution >= 0.6 is 0 Å². The van der Waals surface area contributed by atoms with Crippen molar-refractivity contribution in [1.29, 1.82) is 0 Å². The standard InChI is InChI=1S/C14H21N5/c1-2-18-9-12(7-17-18)14-8-16-10-19(14)13-5-3-4-11(13)6-15/h7-11,13H,2-6,15H2,1H3. The number of rotatable bonds is 4. The molecule has 1 aliphatic carbocycles. The topological polar surface area (TPSA) is 61.7 Å². The first-order valence-electron chi connectivity index (χ1n) is 7.08. The molecule has 0 aliphatic heterocycles. The Balaban J connectivity index is 1.93. The van der Waals surface area contributed by atoms with E-state index in [1.165, 1.54) is 19.3 Å². The SMILES string of the molecule is CCn1cc(-c2cncn2C2CCCC2CN)cn1. The number of hydrogen-bond donors (Lipinski definition) is 1. The Hall–Kier alpha value is -1.62. The molecule has 0 radical (unpaired) electrons. The third-order valence-corrected chi connectivity index (χ3v) is 4.20. The molecule has 1 aliphatic rings. The fraction of sp³-hybridized carbons (Fsp3) is 0.571. The maximum absolute atomic E-state index is 5.89. The van der Waals surface area contributed by atoms with E-state index in [1.54, 1.807) is 0 Å². The minimum absolute atomic E-state index is 0.493. The number of imidazole rings is 1. The van der Waals surface area contributed by atoms with Crippen molar-refractivity contribution in [3.63, 3.8) is 0 Å². The zero-order valence-electron chi connectivity index (χ0n) is 11.4. The van der Waals surface area contributed by atoms with Crippen molar-refractivity contribution in [3.05, 3.63) is 24.9 Å². The largest absolute Gasteiger partial charge is 0.330 e. The highest BCUT2D eigenvalue weighted by molar-refractivity contribution is 5.56. The molecule has 3 rings (SSSR count). The van der Waals surface area contributed by atoms with E-state index < -0.39 is 0 Å². The van der Waals surface area contributed by atoms with Crippen LogP contribution < -0.4 is 5.73 Å². The second-order valence-corrected chi connectivity index (χ2v) is 5.26. The maximum Gasteiger partial charge on any atom is 0.0953 e. The number of aromatic nitrogens is 4. The van der Waals surface area contributed by atoms with E-state index in [1.807, 2.05) is 23.4 Å². The fourth-order valence-electron chi connectivity index (χ4n) is 3.12. The lowest BCUT2D eigenvalue weighted by Crippen LogP contribution is -2.21. The summed E-state index contributed by atoms with van der Waals surface area (Å²) in [4.78, 5) is 4.33. The van der Waals surface area contributed by atoms with E-state index in [4.69, 9.17) is 5.73 Å². The lowest BCUT2D eigenvalue weighted by molar-refractivity contribution is 0.390. The Morgan fingerprint density at radius 1 is 1.37 bits per heavy atom. The molecular formula is C14H21N5. The molecule has 2 aromatic rings. The van der Waals surface area contributed by atoms with Crippen molar-refractivity contribution in [2.75, 3.05) is 6.54 Å². The Bertz CT molecular complexity index is 542. The van der Waals surface area contributed by atoms with Gasteiger partial charge in [0.05, 0.1) is 24.4 Å². The summed E-state index contributed by atoms with van der Waals surface area (Å²) in [7, 11) is 0. The van der Waals surface area contributed by atoms with Gasteiger partial charge in [0.1, 0.15) is 0 Å². The first kappa shape index (κ1) is 12.4. The fourth-order valence-corrected chi connectivity index (χ4v) is 3.12. The van der Waals surface area contributed by atoms with Gasteiger partial charge in [-0.15, -0.1) is 0 Å². The second-order valence-electron chi connectivity index (χ2n) is 5.26. The van der Waals surface area contributed by atoms with E-state index >= 15 is 0 Å². The highest BCUT2D eigenvalue weighted by atomic mass is 15.3. The molecule has 0 bridgehead atoms. The molecule has 102 valence electrons. The van der Waals surface area contributed by atoms with Gasteiger partial charge in [0.25, 0.3) is 0 Å². The lowest BCUT2D eigenvalue weighted by atomic mass is 10.0. The van der Waals surface area contributed by atoms with Crippen LogP contribution in [0.1, 0.15) is 32.2 Å². The molecule has 2 atom stereocenters. The zero-order valence-corrected chi connectivity index (χ0v) is 11.4. The van der Waals surface area contributed by atoms with E-state index in [0.717, 1.165) is 24.3 Å². The monoisotopic (exact) mass is 259 g/mol. The van der Waals surface area contributed by atoms with Crippen molar-refractivity contribution in [3.8, 4) is 11.3 Å². The minimum Gasteiger partial charge on any atom is -0.330 e. The highest BCUT2D eigenvalue weighted by Gasteiger charge is 2.29. The average Bonchev–Trinajstić information content (AvgIpc) is 3.16. The molecule has 2 heterocycles. The van der Waals surface area contributed by atoms with Crippen LogP contribution in [0.4, 0.5) is 0 Å². The molecule has 1 fully saturated rings. The van der Waals surface area contributed by atoms with Crippen LogP contribution in [-0.4, -0.2) is 25.9 Å². The van der Waals surface area contributed by atoms with Crippen molar-refractivity contribution in [2.24, 2.45) is 11.7 Å². The van der Waals surface area contributed by atoms with Gasteiger partial charge < -0.3 is 10.3 Å². The van der Waals surface area contributed by atoms with Gasteiger partial charge in [-0.3, -0.25) is 4.68 Å². The summed E-state index contributed by atoms with van der Waals surface area (Å²) in [6, 6.07) is 0.493. The third kappa shape index (κ3) is 2.18. The van der Waals surface area contributed by atoms with E-state index in [2.05, 4.69) is 27.8 Å². The average molecular weight is 259 g/mol. The van der Waals surface area contributed by atoms with Crippen LogP contribution in [0.2, 0.25) is 0 Å². The van der Waals surface area contributed by atoms with Gasteiger partial charge in [0.15, 0.2) is 0 Å². The highest BCUT2D eigenvalue weighted by Crippen LogP contribution is 2.37.